The van der Waals surface area contributed by atoms with Gasteiger partial charge in [-0.15, -0.1) is 0 Å². The summed E-state index contributed by atoms with van der Waals surface area (Å²) in [5.74, 6) is -0.330. The second kappa shape index (κ2) is 6.84. The largest absolute Gasteiger partial charge is 0.508 e. The Morgan fingerprint density at radius 1 is 1.16 bits per heavy atom. The molecule has 0 radical (unpaired) electrons. The molecule has 0 saturated carbocycles. The Labute approximate surface area is 179 Å². The number of aromatic amines is 1. The van der Waals surface area contributed by atoms with Gasteiger partial charge in [0.1, 0.15) is 22.9 Å². The maximum absolute atomic E-state index is 13.4. The van der Waals surface area contributed by atoms with Crippen LogP contribution in [-0.2, 0) is 9.84 Å². The monoisotopic (exact) mass is 439 g/mol. The van der Waals surface area contributed by atoms with Crippen LogP contribution in [0, 0.1) is 6.92 Å². The number of nitrogens with one attached hydrogen (secondary N) is 1. The van der Waals surface area contributed by atoms with E-state index >= 15 is 0 Å². The molecule has 3 N–H and O–H groups in total. The molecule has 2 unspecified atom stereocenters. The predicted octanol–water partition coefficient (Wildman–Crippen LogP) is 2.53. The number of carbonyl (C=O) groups is 1. The number of hydrogen-bond acceptors (Lipinski definition) is 6. The van der Waals surface area contributed by atoms with Gasteiger partial charge in [0, 0.05) is 17.2 Å². The number of nitrogens with zero attached hydrogens (tertiary/aromatic N) is 2. The van der Waals surface area contributed by atoms with Crippen molar-refractivity contribution >= 4 is 15.7 Å². The van der Waals surface area contributed by atoms with Crippen LogP contribution in [-0.4, -0.2) is 57.2 Å². The molecule has 3 aromatic rings. The lowest BCUT2D eigenvalue weighted by Gasteiger charge is -2.31. The van der Waals surface area contributed by atoms with Crippen molar-refractivity contribution in [2.24, 2.45) is 0 Å². The highest BCUT2D eigenvalue weighted by molar-refractivity contribution is 7.91. The average molecular weight is 439 g/mol. The molecule has 1 saturated heterocycles. The molecule has 0 bridgehead atoms. The predicted molar refractivity (Wildman–Crippen MR) is 114 cm³/mol. The van der Waals surface area contributed by atoms with E-state index in [4.69, 9.17) is 0 Å². The summed E-state index contributed by atoms with van der Waals surface area (Å²) in [5.41, 5.74) is 3.32. The molecular weight excluding hydrogens is 418 g/mol. The van der Waals surface area contributed by atoms with E-state index in [1.807, 2.05) is 6.92 Å². The number of H-pyrrole nitrogens is 1. The van der Waals surface area contributed by atoms with Crippen molar-refractivity contribution in [3.63, 3.8) is 0 Å². The molecule has 3 heterocycles. The molecule has 9 heteroatoms. The van der Waals surface area contributed by atoms with E-state index in [1.54, 1.807) is 41.3 Å². The van der Waals surface area contributed by atoms with Crippen molar-refractivity contribution in [1.29, 1.82) is 0 Å². The minimum absolute atomic E-state index is 0.0314. The van der Waals surface area contributed by atoms with Gasteiger partial charge in [-0.1, -0.05) is 23.8 Å². The third kappa shape index (κ3) is 3.16. The minimum Gasteiger partial charge on any atom is -0.508 e. The molecule has 31 heavy (non-hydrogen) atoms. The van der Waals surface area contributed by atoms with E-state index in [9.17, 15) is 23.4 Å². The summed E-state index contributed by atoms with van der Waals surface area (Å²) in [4.78, 5) is 15.0. The second-order valence-corrected chi connectivity index (χ2v) is 10.4. The summed E-state index contributed by atoms with van der Waals surface area (Å²) >= 11 is 0. The van der Waals surface area contributed by atoms with E-state index < -0.39 is 21.9 Å². The van der Waals surface area contributed by atoms with Crippen molar-refractivity contribution in [2.45, 2.75) is 25.4 Å². The Morgan fingerprint density at radius 3 is 2.68 bits per heavy atom. The quantitative estimate of drug-likeness (QED) is 0.576. The molecule has 2 aromatic carbocycles. The first-order chi connectivity index (χ1) is 14.7. The van der Waals surface area contributed by atoms with Gasteiger partial charge in [0.2, 0.25) is 0 Å². The van der Waals surface area contributed by atoms with Crippen LogP contribution in [0.15, 0.2) is 42.5 Å². The summed E-state index contributed by atoms with van der Waals surface area (Å²) in [6, 6.07) is 10.6. The van der Waals surface area contributed by atoms with E-state index in [0.29, 0.717) is 28.8 Å². The molecule has 0 spiro atoms. The first-order valence-corrected chi connectivity index (χ1v) is 11.8. The molecule has 2 atom stereocenters. The topological polar surface area (TPSA) is 124 Å². The van der Waals surface area contributed by atoms with Crippen LogP contribution >= 0.6 is 0 Å². The number of phenols is 2. The van der Waals surface area contributed by atoms with E-state index in [1.165, 1.54) is 6.07 Å². The normalized spacial score (nSPS) is 22.1. The fourth-order valence-electron chi connectivity index (χ4n) is 4.60. The summed E-state index contributed by atoms with van der Waals surface area (Å²) in [7, 11) is -3.22. The summed E-state index contributed by atoms with van der Waals surface area (Å²) in [6.45, 7) is 1.89. The molecule has 160 valence electrons. The standard InChI is InChI=1S/C22H21N3O5S/c1-12-5-6-17(27)16(9-12)19-18-20(24-23-19)22(28)25(14-7-8-31(29,30)11-14)21(18)13-3-2-4-15(26)10-13/h2-6,9-10,14,21,26-27H,7-8,11H2,1H3,(H,23,24). The average Bonchev–Trinajstić information content (AvgIpc) is 3.37. The summed E-state index contributed by atoms with van der Waals surface area (Å²) in [6.07, 6.45) is 0.353. The van der Waals surface area contributed by atoms with Gasteiger partial charge in [-0.25, -0.2) is 8.42 Å². The number of fused-ring (bicyclic) bond motifs is 1. The Morgan fingerprint density at radius 2 is 1.97 bits per heavy atom. The van der Waals surface area contributed by atoms with Gasteiger partial charge in [0.05, 0.1) is 17.5 Å². The van der Waals surface area contributed by atoms with Crippen LogP contribution in [0.2, 0.25) is 0 Å². The van der Waals surface area contributed by atoms with Crippen molar-refractivity contribution in [3.05, 3.63) is 64.8 Å². The van der Waals surface area contributed by atoms with Crippen molar-refractivity contribution in [1.82, 2.24) is 15.1 Å². The molecular formula is C22H21N3O5S. The zero-order chi connectivity index (χ0) is 21.9. The van der Waals surface area contributed by atoms with Crippen LogP contribution in [0.25, 0.3) is 11.3 Å². The lowest BCUT2D eigenvalue weighted by atomic mass is 9.94. The maximum atomic E-state index is 13.4. The first kappa shape index (κ1) is 19.6. The fourth-order valence-corrected chi connectivity index (χ4v) is 6.32. The van der Waals surface area contributed by atoms with Gasteiger partial charge in [0.25, 0.3) is 5.91 Å². The number of rotatable bonds is 3. The first-order valence-electron chi connectivity index (χ1n) is 9.95. The smallest absolute Gasteiger partial charge is 0.273 e. The number of phenolic OH excluding ortho intramolecular Hbond substituents is 2. The van der Waals surface area contributed by atoms with Crippen LogP contribution in [0.3, 0.4) is 0 Å². The van der Waals surface area contributed by atoms with Gasteiger partial charge >= 0.3 is 0 Å². The fraction of sp³-hybridized carbons (Fsp3) is 0.273. The number of aryl methyl sites for hydroxylation is 1. The van der Waals surface area contributed by atoms with E-state index in [-0.39, 0.29) is 34.6 Å². The summed E-state index contributed by atoms with van der Waals surface area (Å²) < 4.78 is 24.3. The van der Waals surface area contributed by atoms with Crippen molar-refractivity contribution < 1.29 is 23.4 Å². The molecule has 2 aliphatic rings. The highest BCUT2D eigenvalue weighted by atomic mass is 32.2. The van der Waals surface area contributed by atoms with Crippen molar-refractivity contribution in [2.75, 3.05) is 11.5 Å². The zero-order valence-electron chi connectivity index (χ0n) is 16.7. The lowest BCUT2D eigenvalue weighted by Crippen LogP contribution is -2.40. The molecule has 1 amide bonds. The second-order valence-electron chi connectivity index (χ2n) is 8.15. The van der Waals surface area contributed by atoms with E-state index in [0.717, 1.165) is 5.56 Å². The molecule has 2 aliphatic heterocycles. The minimum atomic E-state index is -3.22. The van der Waals surface area contributed by atoms with Gasteiger partial charge in [-0.2, -0.15) is 5.10 Å². The molecule has 1 fully saturated rings. The third-order valence-corrected chi connectivity index (χ3v) is 7.75. The number of sulfone groups is 1. The summed E-state index contributed by atoms with van der Waals surface area (Å²) in [5, 5.41) is 27.7. The molecule has 0 aliphatic carbocycles. The molecule has 5 rings (SSSR count). The highest BCUT2D eigenvalue weighted by Crippen LogP contribution is 2.46. The van der Waals surface area contributed by atoms with Crippen LogP contribution in [0.1, 0.15) is 39.6 Å². The van der Waals surface area contributed by atoms with Crippen molar-refractivity contribution in [3.8, 4) is 22.8 Å². The Balaban J connectivity index is 1.71. The number of amides is 1. The molecule has 8 nitrogen and oxygen atoms in total. The Kier molecular flexibility index (Phi) is 4.33. The Hall–Kier alpha value is -3.33. The third-order valence-electron chi connectivity index (χ3n) is 6.00. The number of aromatic hydroxyl groups is 2. The van der Waals surface area contributed by atoms with Gasteiger partial charge in [-0.05, 0) is 43.2 Å². The number of benzene rings is 2. The van der Waals surface area contributed by atoms with Crippen LogP contribution in [0.4, 0.5) is 0 Å². The Bertz CT molecular complexity index is 1310. The highest BCUT2D eigenvalue weighted by Gasteiger charge is 2.48. The van der Waals surface area contributed by atoms with Crippen LogP contribution in [0.5, 0.6) is 11.5 Å². The van der Waals surface area contributed by atoms with Gasteiger partial charge in [0.15, 0.2) is 9.84 Å². The van der Waals surface area contributed by atoms with Gasteiger partial charge in [-0.3, -0.25) is 9.89 Å². The van der Waals surface area contributed by atoms with E-state index in [2.05, 4.69) is 10.2 Å². The van der Waals surface area contributed by atoms with Gasteiger partial charge < -0.3 is 15.1 Å². The van der Waals surface area contributed by atoms with Crippen LogP contribution < -0.4 is 0 Å². The zero-order valence-corrected chi connectivity index (χ0v) is 17.6. The SMILES string of the molecule is Cc1ccc(O)c(-c2n[nH]c3c2C(c2cccc(O)c2)N(C2CCS(=O)(=O)C2)C3=O)c1. The maximum Gasteiger partial charge on any atom is 0.273 e. The number of hydrogen-bond donors (Lipinski definition) is 3. The lowest BCUT2D eigenvalue weighted by molar-refractivity contribution is 0.0677. The number of aromatic nitrogens is 2. The molecule has 1 aromatic heterocycles. The number of carbonyl (C=O) groups excluding carboxylic acids is 1.